The number of para-hydroxylation sites is 1. The summed E-state index contributed by atoms with van der Waals surface area (Å²) in [4.78, 5) is 16.6. The van der Waals surface area contributed by atoms with Gasteiger partial charge in [-0.3, -0.25) is 4.79 Å². The molecule has 0 aliphatic carbocycles. The van der Waals surface area contributed by atoms with Gasteiger partial charge in [0.2, 0.25) is 0 Å². The van der Waals surface area contributed by atoms with E-state index >= 15 is 0 Å². The van der Waals surface area contributed by atoms with Gasteiger partial charge in [0, 0.05) is 9.86 Å². The van der Waals surface area contributed by atoms with E-state index in [0.29, 0.717) is 15.7 Å². The number of carbonyl (C=O) groups is 1. The first kappa shape index (κ1) is 15.4. The summed E-state index contributed by atoms with van der Waals surface area (Å²) < 4.78 is 19.4. The Bertz CT molecular complexity index is 879. The molecular formula is C17H12BrFN2O2. The lowest BCUT2D eigenvalue weighted by atomic mass is 10.2. The summed E-state index contributed by atoms with van der Waals surface area (Å²) >= 11 is 3.21. The van der Waals surface area contributed by atoms with E-state index in [1.807, 2.05) is 6.07 Å². The first-order valence-electron chi connectivity index (χ1n) is 6.78. The zero-order valence-corrected chi connectivity index (χ0v) is 13.7. The molecule has 3 aromatic rings. The molecule has 0 radical (unpaired) electrons. The molecular weight excluding hydrogens is 363 g/mol. The van der Waals surface area contributed by atoms with Crippen molar-refractivity contribution in [2.75, 3.05) is 12.4 Å². The van der Waals surface area contributed by atoms with E-state index in [-0.39, 0.29) is 11.4 Å². The predicted octanol–water partition coefficient (Wildman–Crippen LogP) is 4.40. The van der Waals surface area contributed by atoms with Gasteiger partial charge in [0.1, 0.15) is 17.3 Å². The van der Waals surface area contributed by atoms with Crippen LogP contribution >= 0.6 is 15.9 Å². The molecule has 1 amide bonds. The molecule has 1 N–H and O–H groups in total. The number of methoxy groups -OCH3 is 1. The van der Waals surface area contributed by atoms with Crippen molar-refractivity contribution in [1.82, 2.24) is 4.98 Å². The van der Waals surface area contributed by atoms with E-state index in [1.165, 1.54) is 6.07 Å². The average Bonchev–Trinajstić information content (AvgIpc) is 2.57. The molecule has 4 nitrogen and oxygen atoms in total. The van der Waals surface area contributed by atoms with Gasteiger partial charge < -0.3 is 10.1 Å². The second-order valence-corrected chi connectivity index (χ2v) is 5.66. The van der Waals surface area contributed by atoms with Crippen LogP contribution in [0.1, 0.15) is 10.5 Å². The van der Waals surface area contributed by atoms with Crippen LogP contribution in [0.4, 0.5) is 10.1 Å². The van der Waals surface area contributed by atoms with Crippen molar-refractivity contribution in [2.45, 2.75) is 0 Å². The molecule has 1 heterocycles. The molecule has 0 saturated carbocycles. The molecule has 116 valence electrons. The highest BCUT2D eigenvalue weighted by molar-refractivity contribution is 9.10. The summed E-state index contributed by atoms with van der Waals surface area (Å²) in [6.07, 6.45) is 0. The van der Waals surface area contributed by atoms with Crippen molar-refractivity contribution >= 4 is 38.4 Å². The third-order valence-electron chi connectivity index (χ3n) is 3.33. The zero-order valence-electron chi connectivity index (χ0n) is 12.1. The van der Waals surface area contributed by atoms with Gasteiger partial charge in [-0.15, -0.1) is 0 Å². The maximum absolute atomic E-state index is 13.8. The fraction of sp³-hybridized carbons (Fsp3) is 0.0588. The van der Waals surface area contributed by atoms with Crippen molar-refractivity contribution in [3.05, 3.63) is 64.5 Å². The van der Waals surface area contributed by atoms with Gasteiger partial charge >= 0.3 is 0 Å². The Kier molecular flexibility index (Phi) is 4.25. The number of pyridine rings is 1. The van der Waals surface area contributed by atoms with Gasteiger partial charge in [0.15, 0.2) is 0 Å². The quantitative estimate of drug-likeness (QED) is 0.739. The normalized spacial score (nSPS) is 10.6. The predicted molar refractivity (Wildman–Crippen MR) is 90.3 cm³/mol. The Balaban J connectivity index is 1.92. The maximum atomic E-state index is 13.8. The molecule has 0 saturated heterocycles. The topological polar surface area (TPSA) is 51.2 Å². The van der Waals surface area contributed by atoms with Gasteiger partial charge in [0.25, 0.3) is 5.91 Å². The number of nitrogens with zero attached hydrogens (tertiary/aromatic N) is 1. The average molecular weight is 375 g/mol. The highest BCUT2D eigenvalue weighted by atomic mass is 79.9. The number of carbonyl (C=O) groups excluding carboxylic acids is 1. The third-order valence-corrected chi connectivity index (χ3v) is 3.99. The summed E-state index contributed by atoms with van der Waals surface area (Å²) in [5, 5.41) is 3.39. The fourth-order valence-electron chi connectivity index (χ4n) is 2.15. The zero-order chi connectivity index (χ0) is 16.4. The van der Waals surface area contributed by atoms with Crippen LogP contribution in [-0.2, 0) is 0 Å². The number of anilines is 1. The number of benzene rings is 2. The maximum Gasteiger partial charge on any atom is 0.274 e. The molecule has 0 atom stereocenters. The first-order chi connectivity index (χ1) is 11.1. The monoisotopic (exact) mass is 374 g/mol. The largest absolute Gasteiger partial charge is 0.497 e. The van der Waals surface area contributed by atoms with Crippen LogP contribution in [0.5, 0.6) is 5.75 Å². The van der Waals surface area contributed by atoms with Crippen LogP contribution in [-0.4, -0.2) is 18.0 Å². The number of rotatable bonds is 3. The SMILES string of the molecule is COc1ccc2nc(C(=O)Nc3c(F)cccc3Br)ccc2c1. The Morgan fingerprint density at radius 3 is 2.78 bits per heavy atom. The Morgan fingerprint density at radius 1 is 1.22 bits per heavy atom. The van der Waals surface area contributed by atoms with E-state index < -0.39 is 11.7 Å². The first-order valence-corrected chi connectivity index (χ1v) is 7.58. The van der Waals surface area contributed by atoms with Gasteiger partial charge in [-0.25, -0.2) is 9.37 Å². The number of ether oxygens (including phenoxy) is 1. The lowest BCUT2D eigenvalue weighted by Crippen LogP contribution is -2.15. The lowest BCUT2D eigenvalue weighted by Gasteiger charge is -2.09. The molecule has 0 aliphatic rings. The summed E-state index contributed by atoms with van der Waals surface area (Å²) in [5.74, 6) is -0.279. The second kappa shape index (κ2) is 6.34. The number of aromatic nitrogens is 1. The van der Waals surface area contributed by atoms with Crippen molar-refractivity contribution in [2.24, 2.45) is 0 Å². The van der Waals surface area contributed by atoms with Crippen molar-refractivity contribution < 1.29 is 13.9 Å². The van der Waals surface area contributed by atoms with Crippen LogP contribution in [0.15, 0.2) is 53.0 Å². The molecule has 1 aromatic heterocycles. The van der Waals surface area contributed by atoms with Gasteiger partial charge in [-0.1, -0.05) is 12.1 Å². The molecule has 0 spiro atoms. The Labute approximate surface area is 140 Å². The molecule has 0 fully saturated rings. The van der Waals surface area contributed by atoms with Gasteiger partial charge in [-0.2, -0.15) is 0 Å². The van der Waals surface area contributed by atoms with Crippen molar-refractivity contribution in [3.63, 3.8) is 0 Å². The van der Waals surface area contributed by atoms with Crippen molar-refractivity contribution in [1.29, 1.82) is 0 Å². The van der Waals surface area contributed by atoms with Crippen LogP contribution in [0.3, 0.4) is 0 Å². The molecule has 0 aliphatic heterocycles. The van der Waals surface area contributed by atoms with E-state index in [0.717, 1.165) is 5.39 Å². The lowest BCUT2D eigenvalue weighted by molar-refractivity contribution is 0.102. The van der Waals surface area contributed by atoms with Crippen LogP contribution in [0.2, 0.25) is 0 Å². The van der Waals surface area contributed by atoms with E-state index in [2.05, 4.69) is 26.2 Å². The smallest absolute Gasteiger partial charge is 0.274 e. The number of hydrogen-bond acceptors (Lipinski definition) is 3. The molecule has 0 bridgehead atoms. The second-order valence-electron chi connectivity index (χ2n) is 4.81. The summed E-state index contributed by atoms with van der Waals surface area (Å²) in [7, 11) is 1.59. The minimum Gasteiger partial charge on any atom is -0.497 e. The van der Waals surface area contributed by atoms with Gasteiger partial charge in [0.05, 0.1) is 18.3 Å². The number of amides is 1. The van der Waals surface area contributed by atoms with E-state index in [9.17, 15) is 9.18 Å². The summed E-state index contributed by atoms with van der Waals surface area (Å²) in [6.45, 7) is 0. The minimum absolute atomic E-state index is 0.0918. The number of fused-ring (bicyclic) bond motifs is 1. The van der Waals surface area contributed by atoms with Crippen LogP contribution in [0.25, 0.3) is 10.9 Å². The molecule has 6 heteroatoms. The molecule has 0 unspecified atom stereocenters. The Morgan fingerprint density at radius 2 is 2.04 bits per heavy atom. The third kappa shape index (κ3) is 3.17. The van der Waals surface area contributed by atoms with Crippen LogP contribution in [0, 0.1) is 5.82 Å². The molecule has 3 rings (SSSR count). The van der Waals surface area contributed by atoms with E-state index in [1.54, 1.807) is 43.5 Å². The summed E-state index contributed by atoms with van der Waals surface area (Å²) in [6, 6.07) is 13.2. The Hall–Kier alpha value is -2.47. The highest BCUT2D eigenvalue weighted by Gasteiger charge is 2.13. The van der Waals surface area contributed by atoms with Crippen molar-refractivity contribution in [3.8, 4) is 5.75 Å². The molecule has 2 aromatic carbocycles. The standard InChI is InChI=1S/C17H12BrFN2O2/c1-23-11-6-8-14-10(9-11)5-7-15(20-14)17(22)21-16-12(18)3-2-4-13(16)19/h2-9H,1H3,(H,21,22). The minimum atomic E-state index is -0.516. The number of halogens is 2. The van der Waals surface area contributed by atoms with Gasteiger partial charge in [-0.05, 0) is 52.3 Å². The fourth-order valence-corrected chi connectivity index (χ4v) is 2.59. The molecule has 23 heavy (non-hydrogen) atoms. The van der Waals surface area contributed by atoms with Crippen LogP contribution < -0.4 is 10.1 Å². The number of hydrogen-bond donors (Lipinski definition) is 1. The highest BCUT2D eigenvalue weighted by Crippen LogP contribution is 2.26. The van der Waals surface area contributed by atoms with E-state index in [4.69, 9.17) is 4.74 Å². The summed E-state index contributed by atoms with van der Waals surface area (Å²) in [5.41, 5.74) is 0.956. The number of nitrogens with one attached hydrogen (secondary N) is 1.